The predicted molar refractivity (Wildman–Crippen MR) is 71.2 cm³/mol. The number of aromatic nitrogens is 4. The average Bonchev–Trinajstić information content (AvgIpc) is 2.78. The van der Waals surface area contributed by atoms with Crippen LogP contribution in [-0.2, 0) is 4.74 Å². The second-order valence-electron chi connectivity index (χ2n) is 3.95. The average molecular weight is 264 g/mol. The first-order chi connectivity index (χ1) is 8.74. The Bertz CT molecular complexity index is 506. The molecule has 0 aliphatic heterocycles. The Kier molecular flexibility index (Phi) is 4.33. The van der Waals surface area contributed by atoms with Crippen molar-refractivity contribution in [3.05, 3.63) is 29.3 Å². The van der Waals surface area contributed by atoms with Crippen molar-refractivity contribution in [1.29, 1.82) is 0 Å². The molecular formula is C12H16N4OS. The van der Waals surface area contributed by atoms with Crippen LogP contribution in [-0.4, -0.2) is 39.7 Å². The molecule has 1 aromatic heterocycles. The largest absolute Gasteiger partial charge is 0.384 e. The molecule has 0 amide bonds. The first-order valence-corrected chi connectivity index (χ1v) is 6.69. The van der Waals surface area contributed by atoms with E-state index in [1.54, 1.807) is 23.6 Å². The second kappa shape index (κ2) is 5.97. The summed E-state index contributed by atoms with van der Waals surface area (Å²) in [5.41, 5.74) is 3.38. The van der Waals surface area contributed by atoms with E-state index in [0.29, 0.717) is 6.61 Å². The molecule has 1 heterocycles. The van der Waals surface area contributed by atoms with Crippen LogP contribution in [0, 0.1) is 13.8 Å². The second-order valence-corrected chi connectivity index (χ2v) is 5.02. The van der Waals surface area contributed by atoms with Gasteiger partial charge in [0.25, 0.3) is 0 Å². The van der Waals surface area contributed by atoms with Crippen LogP contribution in [0.25, 0.3) is 5.69 Å². The molecule has 0 atom stereocenters. The molecule has 0 radical (unpaired) electrons. The number of para-hydroxylation sites is 1. The number of ether oxygens (including phenoxy) is 1. The quantitative estimate of drug-likeness (QED) is 0.611. The number of tetrazole rings is 1. The van der Waals surface area contributed by atoms with Crippen LogP contribution < -0.4 is 0 Å². The van der Waals surface area contributed by atoms with Crippen molar-refractivity contribution >= 4 is 11.8 Å². The summed E-state index contributed by atoms with van der Waals surface area (Å²) in [5.74, 6) is 0.835. The van der Waals surface area contributed by atoms with Gasteiger partial charge in [0.1, 0.15) is 0 Å². The molecule has 0 spiro atoms. The highest BCUT2D eigenvalue weighted by atomic mass is 32.2. The van der Waals surface area contributed by atoms with E-state index in [1.807, 2.05) is 6.07 Å². The van der Waals surface area contributed by atoms with Crippen LogP contribution in [0.15, 0.2) is 23.4 Å². The van der Waals surface area contributed by atoms with Crippen molar-refractivity contribution in [1.82, 2.24) is 20.2 Å². The fourth-order valence-corrected chi connectivity index (χ4v) is 2.54. The van der Waals surface area contributed by atoms with Gasteiger partial charge in [0, 0.05) is 12.9 Å². The van der Waals surface area contributed by atoms with E-state index in [1.165, 1.54) is 0 Å². The molecule has 2 aromatic rings. The Balaban J connectivity index is 2.31. The first-order valence-electron chi connectivity index (χ1n) is 5.70. The highest BCUT2D eigenvalue weighted by molar-refractivity contribution is 7.99. The number of nitrogens with zero attached hydrogens (tertiary/aromatic N) is 4. The molecule has 0 aliphatic carbocycles. The molecular weight excluding hydrogens is 248 g/mol. The SMILES string of the molecule is COCCSc1nnnn1-c1c(C)cccc1C. The fourth-order valence-electron chi connectivity index (χ4n) is 1.77. The molecule has 6 heteroatoms. The van der Waals surface area contributed by atoms with Crippen molar-refractivity contribution in [3.8, 4) is 5.69 Å². The lowest BCUT2D eigenvalue weighted by atomic mass is 10.1. The summed E-state index contributed by atoms with van der Waals surface area (Å²) in [5, 5.41) is 12.7. The lowest BCUT2D eigenvalue weighted by Gasteiger charge is -2.10. The predicted octanol–water partition coefficient (Wildman–Crippen LogP) is 2.02. The molecule has 0 unspecified atom stereocenters. The molecule has 2 rings (SSSR count). The van der Waals surface area contributed by atoms with Gasteiger partial charge in [-0.3, -0.25) is 0 Å². The molecule has 5 nitrogen and oxygen atoms in total. The molecule has 0 saturated carbocycles. The van der Waals surface area contributed by atoms with Gasteiger partial charge in [0.15, 0.2) is 0 Å². The monoisotopic (exact) mass is 264 g/mol. The van der Waals surface area contributed by atoms with E-state index in [9.17, 15) is 0 Å². The van der Waals surface area contributed by atoms with Gasteiger partial charge in [0.2, 0.25) is 5.16 Å². The Hall–Kier alpha value is -1.40. The lowest BCUT2D eigenvalue weighted by Crippen LogP contribution is -2.04. The van der Waals surface area contributed by atoms with Gasteiger partial charge >= 0.3 is 0 Å². The minimum absolute atomic E-state index is 0.685. The normalized spacial score (nSPS) is 10.8. The van der Waals surface area contributed by atoms with Crippen molar-refractivity contribution in [2.75, 3.05) is 19.5 Å². The summed E-state index contributed by atoms with van der Waals surface area (Å²) >= 11 is 1.59. The maximum Gasteiger partial charge on any atom is 0.214 e. The zero-order valence-corrected chi connectivity index (χ0v) is 11.6. The van der Waals surface area contributed by atoms with Gasteiger partial charge in [0.05, 0.1) is 12.3 Å². The van der Waals surface area contributed by atoms with Crippen molar-refractivity contribution in [2.24, 2.45) is 0 Å². The van der Waals surface area contributed by atoms with E-state index in [4.69, 9.17) is 4.74 Å². The Morgan fingerprint density at radius 1 is 1.28 bits per heavy atom. The number of aryl methyl sites for hydroxylation is 2. The van der Waals surface area contributed by atoms with E-state index in [2.05, 4.69) is 41.5 Å². The number of hydrogen-bond donors (Lipinski definition) is 0. The number of thioether (sulfide) groups is 1. The molecule has 1 aromatic carbocycles. The molecule has 18 heavy (non-hydrogen) atoms. The third kappa shape index (κ3) is 2.70. The lowest BCUT2D eigenvalue weighted by molar-refractivity contribution is 0.218. The summed E-state index contributed by atoms with van der Waals surface area (Å²) < 4.78 is 6.83. The van der Waals surface area contributed by atoms with E-state index >= 15 is 0 Å². The number of benzene rings is 1. The molecule has 0 N–H and O–H groups in total. The molecule has 0 fully saturated rings. The van der Waals surface area contributed by atoms with Crippen LogP contribution >= 0.6 is 11.8 Å². The van der Waals surface area contributed by atoms with Gasteiger partial charge in [-0.25, -0.2) is 0 Å². The number of hydrogen-bond acceptors (Lipinski definition) is 5. The molecule has 0 aliphatic rings. The summed E-state index contributed by atoms with van der Waals surface area (Å²) in [6.45, 7) is 4.81. The zero-order chi connectivity index (χ0) is 13.0. The summed E-state index contributed by atoms with van der Waals surface area (Å²) in [6.07, 6.45) is 0. The van der Waals surface area contributed by atoms with Crippen molar-refractivity contribution in [3.63, 3.8) is 0 Å². The maximum absolute atomic E-state index is 5.03. The molecule has 96 valence electrons. The highest BCUT2D eigenvalue weighted by Gasteiger charge is 2.12. The van der Waals surface area contributed by atoms with Crippen LogP contribution in [0.3, 0.4) is 0 Å². The first kappa shape index (κ1) is 13.0. The van der Waals surface area contributed by atoms with Crippen LogP contribution in [0.4, 0.5) is 0 Å². The number of methoxy groups -OCH3 is 1. The summed E-state index contributed by atoms with van der Waals surface area (Å²) in [7, 11) is 1.69. The molecule has 0 bridgehead atoms. The van der Waals surface area contributed by atoms with E-state index in [0.717, 1.165) is 27.7 Å². The maximum atomic E-state index is 5.03. The van der Waals surface area contributed by atoms with Crippen LogP contribution in [0.5, 0.6) is 0 Å². The highest BCUT2D eigenvalue weighted by Crippen LogP contribution is 2.23. The van der Waals surface area contributed by atoms with Crippen molar-refractivity contribution < 1.29 is 4.74 Å². The van der Waals surface area contributed by atoms with Gasteiger partial charge in [-0.15, -0.1) is 5.10 Å². The smallest absolute Gasteiger partial charge is 0.214 e. The Morgan fingerprint density at radius 2 is 2.00 bits per heavy atom. The van der Waals surface area contributed by atoms with Crippen LogP contribution in [0.1, 0.15) is 11.1 Å². The van der Waals surface area contributed by atoms with Gasteiger partial charge in [-0.1, -0.05) is 30.0 Å². The standard InChI is InChI=1S/C12H16N4OS/c1-9-5-4-6-10(2)11(9)16-12(13-14-15-16)18-8-7-17-3/h4-6H,7-8H2,1-3H3. The number of rotatable bonds is 5. The van der Waals surface area contributed by atoms with E-state index < -0.39 is 0 Å². The topological polar surface area (TPSA) is 52.8 Å². The third-order valence-corrected chi connectivity index (χ3v) is 3.49. The minimum atomic E-state index is 0.685. The van der Waals surface area contributed by atoms with Crippen LogP contribution in [0.2, 0.25) is 0 Å². The van der Waals surface area contributed by atoms with Gasteiger partial charge in [-0.2, -0.15) is 4.68 Å². The minimum Gasteiger partial charge on any atom is -0.384 e. The third-order valence-electron chi connectivity index (χ3n) is 2.61. The fraction of sp³-hybridized carbons (Fsp3) is 0.417. The van der Waals surface area contributed by atoms with E-state index in [-0.39, 0.29) is 0 Å². The van der Waals surface area contributed by atoms with Gasteiger partial charge in [-0.05, 0) is 35.4 Å². The Labute approximate surface area is 111 Å². The summed E-state index contributed by atoms with van der Waals surface area (Å²) in [6, 6.07) is 6.16. The van der Waals surface area contributed by atoms with Crippen molar-refractivity contribution in [2.45, 2.75) is 19.0 Å². The summed E-state index contributed by atoms with van der Waals surface area (Å²) in [4.78, 5) is 0. The zero-order valence-electron chi connectivity index (χ0n) is 10.8. The Morgan fingerprint density at radius 3 is 2.67 bits per heavy atom. The molecule has 0 saturated heterocycles. The van der Waals surface area contributed by atoms with Gasteiger partial charge < -0.3 is 4.74 Å².